The van der Waals surface area contributed by atoms with Gasteiger partial charge in [0.2, 0.25) is 5.76 Å². The number of amides is 1. The molecule has 0 saturated heterocycles. The molecule has 134 valence electrons. The van der Waals surface area contributed by atoms with Gasteiger partial charge < -0.3 is 19.9 Å². The summed E-state index contributed by atoms with van der Waals surface area (Å²) in [7, 11) is 0. The third-order valence-corrected chi connectivity index (χ3v) is 3.61. The Morgan fingerprint density at radius 1 is 1.31 bits per heavy atom. The van der Waals surface area contributed by atoms with Crippen LogP contribution in [-0.4, -0.2) is 31.9 Å². The van der Waals surface area contributed by atoms with Crippen molar-refractivity contribution in [1.82, 2.24) is 15.1 Å². The van der Waals surface area contributed by atoms with Crippen LogP contribution < -0.4 is 5.32 Å². The molecule has 0 unspecified atom stereocenters. The van der Waals surface area contributed by atoms with Crippen LogP contribution in [0, 0.1) is 12.7 Å². The Hall–Kier alpha value is -3.62. The molecule has 1 aromatic carbocycles. The average Bonchev–Trinajstić information content (AvgIpc) is 3.19. The molecule has 0 aliphatic carbocycles. The summed E-state index contributed by atoms with van der Waals surface area (Å²) >= 11 is 0. The normalized spacial score (nSPS) is 10.7. The van der Waals surface area contributed by atoms with Gasteiger partial charge in [0.1, 0.15) is 11.6 Å². The first-order valence-corrected chi connectivity index (χ1v) is 7.50. The van der Waals surface area contributed by atoms with Crippen LogP contribution in [0.2, 0.25) is 0 Å². The molecular weight excluding hydrogens is 345 g/mol. The highest BCUT2D eigenvalue weighted by Gasteiger charge is 2.18. The number of aromatic carboxylic acids is 1. The quantitative estimate of drug-likeness (QED) is 0.643. The summed E-state index contributed by atoms with van der Waals surface area (Å²) in [4.78, 5) is 23.0. The van der Waals surface area contributed by atoms with Crippen molar-refractivity contribution in [2.45, 2.75) is 13.5 Å². The van der Waals surface area contributed by atoms with E-state index in [4.69, 9.17) is 9.52 Å². The molecule has 1 amide bonds. The topological polar surface area (TPSA) is 118 Å². The zero-order valence-corrected chi connectivity index (χ0v) is 13.6. The van der Waals surface area contributed by atoms with Crippen LogP contribution in [-0.2, 0) is 6.54 Å². The number of aryl methyl sites for hydroxylation is 1. The number of aromatic hydroxyl groups is 1. The Morgan fingerprint density at radius 2 is 2.08 bits per heavy atom. The Kier molecular flexibility index (Phi) is 4.44. The first-order valence-electron chi connectivity index (χ1n) is 7.50. The number of aromatic nitrogens is 2. The predicted molar refractivity (Wildman–Crippen MR) is 86.8 cm³/mol. The van der Waals surface area contributed by atoms with Crippen LogP contribution in [0.25, 0.3) is 5.69 Å². The zero-order valence-electron chi connectivity index (χ0n) is 13.6. The zero-order chi connectivity index (χ0) is 18.8. The summed E-state index contributed by atoms with van der Waals surface area (Å²) in [6.07, 6.45) is 1.24. The Balaban J connectivity index is 1.75. The summed E-state index contributed by atoms with van der Waals surface area (Å²) in [6, 6.07) is 6.73. The Morgan fingerprint density at radius 3 is 2.73 bits per heavy atom. The molecule has 2 heterocycles. The second kappa shape index (κ2) is 6.71. The maximum atomic E-state index is 13.2. The minimum Gasteiger partial charge on any atom is -0.504 e. The van der Waals surface area contributed by atoms with Crippen LogP contribution in [0.4, 0.5) is 4.39 Å². The third kappa shape index (κ3) is 3.41. The van der Waals surface area contributed by atoms with E-state index in [9.17, 15) is 19.1 Å². The molecule has 0 fully saturated rings. The summed E-state index contributed by atoms with van der Waals surface area (Å²) < 4.78 is 19.5. The van der Waals surface area contributed by atoms with E-state index >= 15 is 0 Å². The van der Waals surface area contributed by atoms with Gasteiger partial charge >= 0.3 is 5.97 Å². The largest absolute Gasteiger partial charge is 0.504 e. The molecular formula is C17H14FN3O5. The van der Waals surface area contributed by atoms with Crippen LogP contribution in [0.3, 0.4) is 0 Å². The number of hydrogen-bond donors (Lipinski definition) is 3. The van der Waals surface area contributed by atoms with Crippen molar-refractivity contribution in [2.24, 2.45) is 0 Å². The summed E-state index contributed by atoms with van der Waals surface area (Å²) in [5.74, 6) is -2.64. The van der Waals surface area contributed by atoms with Gasteiger partial charge in [-0.1, -0.05) is 0 Å². The molecule has 9 heteroatoms. The second-order valence-electron chi connectivity index (χ2n) is 5.49. The first kappa shape index (κ1) is 17.2. The lowest BCUT2D eigenvalue weighted by Gasteiger charge is -2.05. The number of carbonyl (C=O) groups excluding carboxylic acids is 1. The third-order valence-electron chi connectivity index (χ3n) is 3.61. The average molecular weight is 359 g/mol. The maximum absolute atomic E-state index is 13.2. The fraction of sp³-hybridized carbons (Fsp3) is 0.118. The molecule has 0 atom stereocenters. The number of nitrogens with one attached hydrogen (secondary N) is 1. The minimum absolute atomic E-state index is 0.0754. The van der Waals surface area contributed by atoms with Crippen LogP contribution in [0.15, 0.2) is 40.9 Å². The summed E-state index contributed by atoms with van der Waals surface area (Å²) in [5.41, 5.74) is 0.868. The lowest BCUT2D eigenvalue weighted by atomic mass is 10.2. The lowest BCUT2D eigenvalue weighted by Crippen LogP contribution is -2.23. The van der Waals surface area contributed by atoms with E-state index in [1.54, 1.807) is 6.92 Å². The van der Waals surface area contributed by atoms with Crippen molar-refractivity contribution in [1.29, 1.82) is 0 Å². The number of furan rings is 1. The Labute approximate surface area is 146 Å². The van der Waals surface area contributed by atoms with Crippen molar-refractivity contribution in [3.8, 4) is 11.4 Å². The number of carbonyl (C=O) groups is 2. The second-order valence-corrected chi connectivity index (χ2v) is 5.49. The van der Waals surface area contributed by atoms with E-state index in [-0.39, 0.29) is 29.5 Å². The molecule has 0 spiro atoms. The first-order chi connectivity index (χ1) is 12.3. The highest BCUT2D eigenvalue weighted by atomic mass is 19.1. The maximum Gasteiger partial charge on any atom is 0.371 e. The predicted octanol–water partition coefficient (Wildman–Crippen LogP) is 2.25. The molecule has 0 radical (unpaired) electrons. The van der Waals surface area contributed by atoms with Crippen LogP contribution >= 0.6 is 0 Å². The number of carboxylic acids is 1. The van der Waals surface area contributed by atoms with Gasteiger partial charge in [0.25, 0.3) is 5.91 Å². The highest BCUT2D eigenvalue weighted by molar-refractivity contribution is 5.94. The molecule has 3 aromatic rings. The molecule has 3 rings (SSSR count). The number of rotatable bonds is 5. The summed E-state index contributed by atoms with van der Waals surface area (Å²) in [5, 5.41) is 25.3. The smallest absolute Gasteiger partial charge is 0.371 e. The van der Waals surface area contributed by atoms with Crippen molar-refractivity contribution in [2.75, 3.05) is 0 Å². The van der Waals surface area contributed by atoms with E-state index in [2.05, 4.69) is 10.4 Å². The molecule has 3 N–H and O–H groups in total. The highest BCUT2D eigenvalue weighted by Crippen LogP contribution is 2.21. The van der Waals surface area contributed by atoms with Crippen LogP contribution in [0.1, 0.15) is 32.4 Å². The SMILES string of the molecule is Cc1cc(F)ccc1-n1cc(O)c(C(=O)NCc2ccc(C(=O)O)o2)n1. The number of carboxylic acid groups (broad SMARTS) is 1. The summed E-state index contributed by atoms with van der Waals surface area (Å²) in [6.45, 7) is 1.60. The Bertz CT molecular complexity index is 992. The van der Waals surface area contributed by atoms with Gasteiger partial charge in [-0.25, -0.2) is 13.9 Å². The van der Waals surface area contributed by atoms with Gasteiger partial charge in [0, 0.05) is 0 Å². The van der Waals surface area contributed by atoms with E-state index in [1.165, 1.54) is 41.2 Å². The van der Waals surface area contributed by atoms with Crippen LogP contribution in [0.5, 0.6) is 5.75 Å². The number of benzene rings is 1. The molecule has 2 aromatic heterocycles. The molecule has 26 heavy (non-hydrogen) atoms. The fourth-order valence-corrected chi connectivity index (χ4v) is 2.36. The molecule has 0 saturated carbocycles. The molecule has 0 aliphatic heterocycles. The van der Waals surface area contributed by atoms with Gasteiger partial charge in [-0.3, -0.25) is 4.79 Å². The van der Waals surface area contributed by atoms with E-state index in [1.807, 2.05) is 0 Å². The van der Waals surface area contributed by atoms with Crippen molar-refractivity contribution >= 4 is 11.9 Å². The molecule has 8 nitrogen and oxygen atoms in total. The van der Waals surface area contributed by atoms with Gasteiger partial charge in [0.05, 0.1) is 18.4 Å². The minimum atomic E-state index is -1.21. The van der Waals surface area contributed by atoms with E-state index < -0.39 is 17.7 Å². The van der Waals surface area contributed by atoms with Crippen molar-refractivity contribution in [3.63, 3.8) is 0 Å². The van der Waals surface area contributed by atoms with E-state index in [0.717, 1.165) is 0 Å². The standard InChI is InChI=1S/C17H14FN3O5/c1-9-6-10(18)2-4-12(9)21-8-13(22)15(20-21)16(23)19-7-11-3-5-14(26-11)17(24)25/h2-6,8,22H,7H2,1H3,(H,19,23)(H,24,25). The monoisotopic (exact) mass is 359 g/mol. The van der Waals surface area contributed by atoms with E-state index in [0.29, 0.717) is 11.3 Å². The van der Waals surface area contributed by atoms with Gasteiger partial charge in [0.15, 0.2) is 11.4 Å². The van der Waals surface area contributed by atoms with Crippen molar-refractivity contribution in [3.05, 3.63) is 65.1 Å². The fourth-order valence-electron chi connectivity index (χ4n) is 2.36. The van der Waals surface area contributed by atoms with Crippen molar-refractivity contribution < 1.29 is 28.6 Å². The van der Waals surface area contributed by atoms with Gasteiger partial charge in [-0.05, 0) is 42.8 Å². The van der Waals surface area contributed by atoms with Gasteiger partial charge in [-0.2, -0.15) is 5.10 Å². The van der Waals surface area contributed by atoms with Gasteiger partial charge in [-0.15, -0.1) is 0 Å². The lowest BCUT2D eigenvalue weighted by molar-refractivity contribution is 0.0660. The number of halogens is 1. The number of nitrogens with zero attached hydrogens (tertiary/aromatic N) is 2. The molecule has 0 bridgehead atoms. The molecule has 0 aliphatic rings. The number of hydrogen-bond acceptors (Lipinski definition) is 5.